The first-order valence-corrected chi connectivity index (χ1v) is 6.63. The molecular formula is C14H23FN2. The summed E-state index contributed by atoms with van der Waals surface area (Å²) in [5.41, 5.74) is 0.913. The van der Waals surface area contributed by atoms with Gasteiger partial charge in [-0.1, -0.05) is 39.0 Å². The van der Waals surface area contributed by atoms with Gasteiger partial charge in [0.15, 0.2) is 0 Å². The van der Waals surface area contributed by atoms with Gasteiger partial charge in [-0.05, 0) is 24.6 Å². The molecule has 1 N–H and O–H groups in total. The smallest absolute Gasteiger partial charge is 0.141 e. The molecule has 0 amide bonds. The molecule has 0 radical (unpaired) electrons. The minimum Gasteiger partial charge on any atom is -0.313 e. The number of nitrogens with zero attached hydrogens (tertiary/aromatic N) is 1. The van der Waals surface area contributed by atoms with Crippen molar-refractivity contribution in [2.75, 3.05) is 6.54 Å². The Balaban J connectivity index is 1.97. The summed E-state index contributed by atoms with van der Waals surface area (Å²) >= 11 is 0. The first kappa shape index (κ1) is 14.1. The van der Waals surface area contributed by atoms with E-state index in [1.54, 1.807) is 6.20 Å². The summed E-state index contributed by atoms with van der Waals surface area (Å²) in [5, 5.41) is 3.31. The van der Waals surface area contributed by atoms with E-state index < -0.39 is 0 Å². The summed E-state index contributed by atoms with van der Waals surface area (Å²) in [6, 6.07) is 1.53. The van der Waals surface area contributed by atoms with Crippen LogP contribution in [-0.2, 0) is 6.54 Å². The van der Waals surface area contributed by atoms with E-state index in [1.807, 2.05) is 0 Å². The lowest BCUT2D eigenvalue weighted by Gasteiger charge is -2.04. The van der Waals surface area contributed by atoms with Gasteiger partial charge in [0.05, 0.1) is 6.20 Å². The fraction of sp³-hybridized carbons (Fsp3) is 0.643. The van der Waals surface area contributed by atoms with Gasteiger partial charge in [0, 0.05) is 12.7 Å². The summed E-state index contributed by atoms with van der Waals surface area (Å²) in [5.74, 6) is -0.260. The third-order valence-electron chi connectivity index (χ3n) is 2.80. The fourth-order valence-electron chi connectivity index (χ4n) is 1.82. The summed E-state index contributed by atoms with van der Waals surface area (Å²) in [4.78, 5) is 3.82. The first-order chi connectivity index (χ1) is 8.33. The van der Waals surface area contributed by atoms with Crippen LogP contribution in [0.5, 0.6) is 0 Å². The van der Waals surface area contributed by atoms with E-state index in [9.17, 15) is 4.39 Å². The van der Waals surface area contributed by atoms with Gasteiger partial charge in [-0.3, -0.25) is 4.98 Å². The number of unbranched alkanes of at least 4 members (excludes halogenated alkanes) is 5. The molecule has 0 saturated carbocycles. The fourth-order valence-corrected chi connectivity index (χ4v) is 1.82. The Morgan fingerprint density at radius 2 is 1.88 bits per heavy atom. The lowest BCUT2D eigenvalue weighted by molar-refractivity contribution is 0.569. The molecule has 0 spiro atoms. The molecule has 0 unspecified atom stereocenters. The van der Waals surface area contributed by atoms with E-state index in [-0.39, 0.29) is 5.82 Å². The van der Waals surface area contributed by atoms with Gasteiger partial charge in [0.1, 0.15) is 5.82 Å². The Labute approximate surface area is 104 Å². The second-order valence-corrected chi connectivity index (χ2v) is 4.46. The monoisotopic (exact) mass is 238 g/mol. The minimum absolute atomic E-state index is 0.260. The zero-order valence-electron chi connectivity index (χ0n) is 10.7. The number of pyridine rings is 1. The highest BCUT2D eigenvalue weighted by Crippen LogP contribution is 2.04. The molecule has 1 aromatic rings. The van der Waals surface area contributed by atoms with Crippen molar-refractivity contribution in [2.24, 2.45) is 0 Å². The van der Waals surface area contributed by atoms with Crippen LogP contribution in [0, 0.1) is 5.82 Å². The first-order valence-electron chi connectivity index (χ1n) is 6.63. The van der Waals surface area contributed by atoms with Crippen molar-refractivity contribution in [3.05, 3.63) is 29.8 Å². The maximum Gasteiger partial charge on any atom is 0.141 e. The standard InChI is InChI=1S/C14H23FN2/c1-2-3-4-5-6-7-8-16-10-13-9-14(15)12-17-11-13/h9,11-12,16H,2-8,10H2,1H3. The highest BCUT2D eigenvalue weighted by molar-refractivity contribution is 5.09. The molecule has 0 aromatic carbocycles. The van der Waals surface area contributed by atoms with Gasteiger partial charge < -0.3 is 5.32 Å². The number of hydrogen-bond donors (Lipinski definition) is 1. The van der Waals surface area contributed by atoms with Crippen LogP contribution in [0.3, 0.4) is 0 Å². The maximum absolute atomic E-state index is 12.8. The molecule has 0 aliphatic heterocycles. The molecule has 0 fully saturated rings. The van der Waals surface area contributed by atoms with Crippen molar-refractivity contribution < 1.29 is 4.39 Å². The van der Waals surface area contributed by atoms with Crippen LogP contribution < -0.4 is 5.32 Å². The Kier molecular flexibility index (Phi) is 7.56. The van der Waals surface area contributed by atoms with Crippen LogP contribution in [0.15, 0.2) is 18.5 Å². The molecule has 2 nitrogen and oxygen atoms in total. The molecule has 1 heterocycles. The van der Waals surface area contributed by atoms with Crippen LogP contribution in [-0.4, -0.2) is 11.5 Å². The van der Waals surface area contributed by atoms with Gasteiger partial charge in [-0.15, -0.1) is 0 Å². The third-order valence-corrected chi connectivity index (χ3v) is 2.80. The average molecular weight is 238 g/mol. The summed E-state index contributed by atoms with van der Waals surface area (Å²) < 4.78 is 12.8. The van der Waals surface area contributed by atoms with Crippen molar-refractivity contribution in [3.63, 3.8) is 0 Å². The Morgan fingerprint density at radius 3 is 2.65 bits per heavy atom. The van der Waals surface area contributed by atoms with Crippen LogP contribution in [0.2, 0.25) is 0 Å². The largest absolute Gasteiger partial charge is 0.313 e. The number of rotatable bonds is 9. The average Bonchev–Trinajstić information content (AvgIpc) is 2.33. The van der Waals surface area contributed by atoms with Gasteiger partial charge in [-0.2, -0.15) is 0 Å². The molecule has 0 aliphatic carbocycles. The normalized spacial score (nSPS) is 10.7. The Hall–Kier alpha value is -0.960. The van der Waals surface area contributed by atoms with Crippen molar-refractivity contribution in [1.82, 2.24) is 10.3 Å². The van der Waals surface area contributed by atoms with Crippen LogP contribution in [0.25, 0.3) is 0 Å². The second-order valence-electron chi connectivity index (χ2n) is 4.46. The molecule has 17 heavy (non-hydrogen) atoms. The van der Waals surface area contributed by atoms with Crippen molar-refractivity contribution >= 4 is 0 Å². The lowest BCUT2D eigenvalue weighted by atomic mass is 10.1. The molecule has 0 saturated heterocycles. The van der Waals surface area contributed by atoms with Crippen LogP contribution in [0.1, 0.15) is 51.0 Å². The Morgan fingerprint density at radius 1 is 1.12 bits per heavy atom. The summed E-state index contributed by atoms with van der Waals surface area (Å²) in [7, 11) is 0. The summed E-state index contributed by atoms with van der Waals surface area (Å²) in [6.45, 7) is 3.94. The highest BCUT2D eigenvalue weighted by atomic mass is 19.1. The van der Waals surface area contributed by atoms with Gasteiger partial charge in [-0.25, -0.2) is 4.39 Å². The quantitative estimate of drug-likeness (QED) is 0.664. The molecule has 96 valence electrons. The van der Waals surface area contributed by atoms with E-state index in [4.69, 9.17) is 0 Å². The SMILES string of the molecule is CCCCCCCCNCc1cncc(F)c1. The van der Waals surface area contributed by atoms with E-state index >= 15 is 0 Å². The van der Waals surface area contributed by atoms with Crippen molar-refractivity contribution in [3.8, 4) is 0 Å². The van der Waals surface area contributed by atoms with E-state index in [2.05, 4.69) is 17.2 Å². The van der Waals surface area contributed by atoms with E-state index in [0.717, 1.165) is 12.1 Å². The topological polar surface area (TPSA) is 24.9 Å². The number of halogens is 1. The van der Waals surface area contributed by atoms with Crippen LogP contribution >= 0.6 is 0 Å². The van der Waals surface area contributed by atoms with E-state index in [1.165, 1.54) is 50.8 Å². The van der Waals surface area contributed by atoms with Crippen molar-refractivity contribution in [2.45, 2.75) is 52.0 Å². The number of aromatic nitrogens is 1. The lowest BCUT2D eigenvalue weighted by Crippen LogP contribution is -2.14. The third kappa shape index (κ3) is 7.05. The highest BCUT2D eigenvalue weighted by Gasteiger charge is 1.95. The predicted octanol–water partition coefficient (Wildman–Crippen LogP) is 3.67. The second kappa shape index (κ2) is 9.11. The molecule has 0 aliphatic rings. The van der Waals surface area contributed by atoms with Gasteiger partial charge in [0.25, 0.3) is 0 Å². The number of nitrogens with one attached hydrogen (secondary N) is 1. The van der Waals surface area contributed by atoms with Gasteiger partial charge >= 0.3 is 0 Å². The number of hydrogen-bond acceptors (Lipinski definition) is 2. The Bertz CT molecular complexity index is 302. The molecule has 3 heteroatoms. The predicted molar refractivity (Wildman–Crippen MR) is 69.3 cm³/mol. The van der Waals surface area contributed by atoms with E-state index in [0.29, 0.717) is 6.54 Å². The molecular weight excluding hydrogens is 215 g/mol. The molecule has 0 bridgehead atoms. The van der Waals surface area contributed by atoms with Crippen molar-refractivity contribution in [1.29, 1.82) is 0 Å². The molecule has 0 atom stereocenters. The molecule has 1 aromatic heterocycles. The van der Waals surface area contributed by atoms with Crippen LogP contribution in [0.4, 0.5) is 4.39 Å². The minimum atomic E-state index is -0.260. The van der Waals surface area contributed by atoms with Gasteiger partial charge in [0.2, 0.25) is 0 Å². The summed E-state index contributed by atoms with van der Waals surface area (Å²) in [6.07, 6.45) is 10.8. The zero-order valence-corrected chi connectivity index (χ0v) is 10.7. The maximum atomic E-state index is 12.8. The zero-order chi connectivity index (χ0) is 12.3. The molecule has 1 rings (SSSR count).